The molecule has 3 N–H and O–H groups in total. The van der Waals surface area contributed by atoms with Crippen molar-refractivity contribution < 1.29 is 14.5 Å². The molecule has 8 nitrogen and oxygen atoms in total. The van der Waals surface area contributed by atoms with Gasteiger partial charge in [0.1, 0.15) is 6.04 Å². The Bertz CT molecular complexity index is 817. The number of carbonyl (C=O) groups excluding carboxylic acids is 2. The fraction of sp³-hybridized carbons (Fsp3) is 0.263. The summed E-state index contributed by atoms with van der Waals surface area (Å²) in [6.45, 7) is 5.34. The standard InChI is InChI=1S/C19H22N4O4/c1-12(2)18(24)21-15-6-4-14(5-7-15)20-13(3)19(25)22-16-8-10-17(11-9-16)23(26)27/h4-13,20H,1-3H3,(H,21,24)(H,22,25)/t13-/m1/s1. The van der Waals surface area contributed by atoms with Crippen LogP contribution in [0.1, 0.15) is 20.8 Å². The maximum atomic E-state index is 12.3. The third kappa shape index (κ3) is 5.81. The van der Waals surface area contributed by atoms with Crippen LogP contribution >= 0.6 is 0 Å². The van der Waals surface area contributed by atoms with Crippen molar-refractivity contribution in [2.24, 2.45) is 5.92 Å². The SMILES string of the molecule is CC(C)C(=O)Nc1ccc(N[C@H](C)C(=O)Nc2ccc([N+](=O)[O-])cc2)cc1. The van der Waals surface area contributed by atoms with Crippen molar-refractivity contribution in [3.8, 4) is 0 Å². The number of nitrogens with one attached hydrogen (secondary N) is 3. The average molecular weight is 370 g/mol. The lowest BCUT2D eigenvalue weighted by molar-refractivity contribution is -0.384. The molecule has 0 aliphatic rings. The van der Waals surface area contributed by atoms with Crippen LogP contribution in [-0.4, -0.2) is 22.8 Å². The van der Waals surface area contributed by atoms with Crippen LogP contribution < -0.4 is 16.0 Å². The van der Waals surface area contributed by atoms with E-state index in [2.05, 4.69) is 16.0 Å². The topological polar surface area (TPSA) is 113 Å². The summed E-state index contributed by atoms with van der Waals surface area (Å²) in [5.74, 6) is -0.446. The first-order valence-corrected chi connectivity index (χ1v) is 8.49. The molecular weight excluding hydrogens is 348 g/mol. The zero-order valence-electron chi connectivity index (χ0n) is 15.4. The third-order valence-corrected chi connectivity index (χ3v) is 3.80. The van der Waals surface area contributed by atoms with E-state index in [0.29, 0.717) is 11.4 Å². The Morgan fingerprint density at radius 3 is 1.74 bits per heavy atom. The fourth-order valence-corrected chi connectivity index (χ4v) is 2.17. The second kappa shape index (κ2) is 8.79. The highest BCUT2D eigenvalue weighted by atomic mass is 16.6. The third-order valence-electron chi connectivity index (χ3n) is 3.80. The van der Waals surface area contributed by atoms with Gasteiger partial charge in [-0.2, -0.15) is 0 Å². The molecule has 0 saturated carbocycles. The maximum absolute atomic E-state index is 12.3. The van der Waals surface area contributed by atoms with Crippen LogP contribution in [0.4, 0.5) is 22.7 Å². The monoisotopic (exact) mass is 370 g/mol. The molecule has 0 aromatic heterocycles. The van der Waals surface area contributed by atoms with Gasteiger partial charge in [-0.1, -0.05) is 13.8 Å². The van der Waals surface area contributed by atoms with Crippen LogP contribution in [0.2, 0.25) is 0 Å². The number of anilines is 3. The predicted molar refractivity (Wildman–Crippen MR) is 105 cm³/mol. The lowest BCUT2D eigenvalue weighted by Gasteiger charge is -2.16. The molecule has 1 atom stereocenters. The number of rotatable bonds is 7. The molecule has 0 bridgehead atoms. The average Bonchev–Trinajstić information content (AvgIpc) is 2.63. The number of nitrogens with zero attached hydrogens (tertiary/aromatic N) is 1. The second-order valence-electron chi connectivity index (χ2n) is 6.38. The Morgan fingerprint density at radius 1 is 0.815 bits per heavy atom. The quantitative estimate of drug-likeness (QED) is 0.509. The van der Waals surface area contributed by atoms with E-state index in [9.17, 15) is 19.7 Å². The number of nitro groups is 1. The van der Waals surface area contributed by atoms with Gasteiger partial charge in [0, 0.05) is 35.1 Å². The highest BCUT2D eigenvalue weighted by Gasteiger charge is 2.14. The second-order valence-corrected chi connectivity index (χ2v) is 6.38. The minimum atomic E-state index is -0.531. The molecule has 2 aromatic rings. The summed E-state index contributed by atoms with van der Waals surface area (Å²) in [5, 5.41) is 19.2. The molecule has 0 fully saturated rings. The van der Waals surface area contributed by atoms with E-state index in [1.165, 1.54) is 24.3 Å². The van der Waals surface area contributed by atoms with Crippen LogP contribution in [0.5, 0.6) is 0 Å². The van der Waals surface area contributed by atoms with Crippen LogP contribution in [0, 0.1) is 16.0 Å². The van der Waals surface area contributed by atoms with Crippen molar-refractivity contribution in [3.63, 3.8) is 0 Å². The molecule has 8 heteroatoms. The summed E-state index contributed by atoms with van der Waals surface area (Å²) in [4.78, 5) is 34.1. The zero-order chi connectivity index (χ0) is 20.0. The van der Waals surface area contributed by atoms with Gasteiger partial charge in [0.25, 0.3) is 5.69 Å². The van der Waals surface area contributed by atoms with Gasteiger partial charge < -0.3 is 16.0 Å². The minimum Gasteiger partial charge on any atom is -0.374 e. The van der Waals surface area contributed by atoms with E-state index in [-0.39, 0.29) is 23.4 Å². The van der Waals surface area contributed by atoms with Gasteiger partial charge in [0.05, 0.1) is 4.92 Å². The van der Waals surface area contributed by atoms with Gasteiger partial charge in [-0.25, -0.2) is 0 Å². The molecule has 0 aliphatic carbocycles. The molecule has 0 unspecified atom stereocenters. The summed E-state index contributed by atoms with van der Waals surface area (Å²) in [7, 11) is 0. The number of hydrogen-bond donors (Lipinski definition) is 3. The lowest BCUT2D eigenvalue weighted by Crippen LogP contribution is -2.31. The fourth-order valence-electron chi connectivity index (χ4n) is 2.17. The minimum absolute atomic E-state index is 0.0381. The van der Waals surface area contributed by atoms with Crippen LogP contribution in [0.15, 0.2) is 48.5 Å². The van der Waals surface area contributed by atoms with E-state index in [1.807, 2.05) is 13.8 Å². The van der Waals surface area contributed by atoms with Crippen molar-refractivity contribution >= 4 is 34.6 Å². The molecule has 0 aliphatic heterocycles. The normalized spacial score (nSPS) is 11.6. The summed E-state index contributed by atoms with van der Waals surface area (Å²) in [6.07, 6.45) is 0. The molecule has 0 saturated heterocycles. The zero-order valence-corrected chi connectivity index (χ0v) is 15.4. The van der Waals surface area contributed by atoms with Crippen molar-refractivity contribution in [2.75, 3.05) is 16.0 Å². The molecule has 0 spiro atoms. The summed E-state index contributed by atoms with van der Waals surface area (Å²) < 4.78 is 0. The highest BCUT2D eigenvalue weighted by Crippen LogP contribution is 2.17. The first kappa shape index (κ1) is 19.9. The molecule has 0 heterocycles. The van der Waals surface area contributed by atoms with E-state index in [4.69, 9.17) is 0 Å². The van der Waals surface area contributed by atoms with Gasteiger partial charge in [-0.05, 0) is 43.3 Å². The Morgan fingerprint density at radius 2 is 1.26 bits per heavy atom. The number of carbonyl (C=O) groups is 2. The summed E-state index contributed by atoms with van der Waals surface area (Å²) in [6, 6.07) is 12.1. The molecule has 2 amide bonds. The van der Waals surface area contributed by atoms with E-state index >= 15 is 0 Å². The molecule has 27 heavy (non-hydrogen) atoms. The molecule has 2 rings (SSSR count). The number of amides is 2. The number of hydrogen-bond acceptors (Lipinski definition) is 5. The van der Waals surface area contributed by atoms with Crippen LogP contribution in [0.25, 0.3) is 0 Å². The largest absolute Gasteiger partial charge is 0.374 e. The smallest absolute Gasteiger partial charge is 0.269 e. The van der Waals surface area contributed by atoms with Gasteiger partial charge in [0.15, 0.2) is 0 Å². The van der Waals surface area contributed by atoms with E-state index in [0.717, 1.165) is 5.69 Å². The van der Waals surface area contributed by atoms with Crippen molar-refractivity contribution in [2.45, 2.75) is 26.8 Å². The predicted octanol–water partition coefficient (Wildman–Crippen LogP) is 3.63. The van der Waals surface area contributed by atoms with Crippen LogP contribution in [0.3, 0.4) is 0 Å². The maximum Gasteiger partial charge on any atom is 0.269 e. The van der Waals surface area contributed by atoms with Gasteiger partial charge in [0.2, 0.25) is 11.8 Å². The van der Waals surface area contributed by atoms with Crippen molar-refractivity contribution in [1.29, 1.82) is 0 Å². The van der Waals surface area contributed by atoms with E-state index < -0.39 is 11.0 Å². The van der Waals surface area contributed by atoms with Crippen LogP contribution in [-0.2, 0) is 9.59 Å². The van der Waals surface area contributed by atoms with Gasteiger partial charge >= 0.3 is 0 Å². The Labute approximate surface area is 157 Å². The summed E-state index contributed by atoms with van der Waals surface area (Å²) in [5.41, 5.74) is 1.85. The van der Waals surface area contributed by atoms with Gasteiger partial charge in [-0.3, -0.25) is 19.7 Å². The first-order valence-electron chi connectivity index (χ1n) is 8.49. The molecule has 142 valence electrons. The Kier molecular flexibility index (Phi) is 6.48. The number of non-ortho nitro benzene ring substituents is 1. The molecule has 0 radical (unpaired) electrons. The Balaban J connectivity index is 1.91. The van der Waals surface area contributed by atoms with Crippen molar-refractivity contribution in [1.82, 2.24) is 0 Å². The molecular formula is C19H22N4O4. The lowest BCUT2D eigenvalue weighted by atomic mass is 10.2. The Hall–Kier alpha value is -3.42. The molecule has 2 aromatic carbocycles. The first-order chi connectivity index (χ1) is 12.8. The highest BCUT2D eigenvalue weighted by molar-refractivity contribution is 5.96. The number of nitro benzene ring substituents is 1. The van der Waals surface area contributed by atoms with Crippen molar-refractivity contribution in [3.05, 3.63) is 58.6 Å². The van der Waals surface area contributed by atoms with Gasteiger partial charge in [-0.15, -0.1) is 0 Å². The number of benzene rings is 2. The van der Waals surface area contributed by atoms with E-state index in [1.54, 1.807) is 31.2 Å². The summed E-state index contributed by atoms with van der Waals surface area (Å²) >= 11 is 0.